The van der Waals surface area contributed by atoms with Crippen molar-refractivity contribution in [1.82, 2.24) is 4.98 Å². The van der Waals surface area contributed by atoms with E-state index in [1.807, 2.05) is 0 Å². The van der Waals surface area contributed by atoms with Crippen LogP contribution in [-0.2, 0) is 30.3 Å². The fourth-order valence-corrected chi connectivity index (χ4v) is 4.46. The quantitative estimate of drug-likeness (QED) is 0.0774. The topological polar surface area (TPSA) is 50.2 Å². The maximum Gasteiger partial charge on any atom is 0.394 e. The van der Waals surface area contributed by atoms with Gasteiger partial charge in [-0.25, -0.2) is 4.39 Å². The molecular formula is C27H20F4IrNO2-. The van der Waals surface area contributed by atoms with Crippen molar-refractivity contribution in [3.05, 3.63) is 89.6 Å². The molecule has 0 fully saturated rings. The third kappa shape index (κ3) is 4.48. The maximum absolute atomic E-state index is 14.4. The number of alkyl halides is 3. The molecule has 0 bridgehead atoms. The number of pyridine rings is 1. The van der Waals surface area contributed by atoms with E-state index in [-0.39, 0.29) is 42.8 Å². The predicted molar refractivity (Wildman–Crippen MR) is 123 cm³/mol. The first kappa shape index (κ1) is 26.5. The summed E-state index contributed by atoms with van der Waals surface area (Å²) in [5.41, 5.74) is -1.20. The number of rotatable bonds is 1. The first-order chi connectivity index (χ1) is 15.9. The Bertz CT molecular complexity index is 1480. The van der Waals surface area contributed by atoms with Crippen LogP contribution < -0.4 is 0 Å². The van der Waals surface area contributed by atoms with E-state index in [4.69, 9.17) is 5.11 Å². The zero-order valence-electron chi connectivity index (χ0n) is 18.9. The van der Waals surface area contributed by atoms with Crippen molar-refractivity contribution >= 4 is 27.3 Å². The summed E-state index contributed by atoms with van der Waals surface area (Å²) >= 11 is 0. The average Bonchev–Trinajstić information content (AvgIpc) is 2.75. The van der Waals surface area contributed by atoms with E-state index in [0.717, 1.165) is 0 Å². The molecule has 1 N–H and O–H groups in total. The molecule has 183 valence electrons. The number of nitrogens with zero attached hydrogens (tertiary/aromatic N) is 1. The molecule has 0 spiro atoms. The van der Waals surface area contributed by atoms with Gasteiger partial charge in [-0.15, -0.1) is 35.4 Å². The zero-order valence-corrected chi connectivity index (χ0v) is 21.3. The van der Waals surface area contributed by atoms with E-state index < -0.39 is 17.4 Å². The Hall–Kier alpha value is -3.09. The summed E-state index contributed by atoms with van der Waals surface area (Å²) in [5.74, 6) is -0.547. The van der Waals surface area contributed by atoms with Gasteiger partial charge >= 0.3 is 6.18 Å². The van der Waals surface area contributed by atoms with Crippen LogP contribution in [0.1, 0.15) is 31.9 Å². The van der Waals surface area contributed by atoms with Crippen LogP contribution in [0.5, 0.6) is 0 Å². The van der Waals surface area contributed by atoms with Crippen LogP contribution in [0.25, 0.3) is 32.8 Å². The molecule has 0 aliphatic heterocycles. The minimum Gasteiger partial charge on any atom is -0.512 e. The van der Waals surface area contributed by atoms with Gasteiger partial charge in [0.15, 0.2) is 5.78 Å². The molecule has 1 radical (unpaired) electrons. The van der Waals surface area contributed by atoms with Gasteiger partial charge in [-0.2, -0.15) is 13.2 Å². The first-order valence-electron chi connectivity index (χ1n) is 10.4. The smallest absolute Gasteiger partial charge is 0.394 e. The monoisotopic (exact) mass is 659 g/mol. The molecule has 0 amide bonds. The average molecular weight is 659 g/mol. The summed E-state index contributed by atoms with van der Waals surface area (Å²) in [7, 11) is 0. The van der Waals surface area contributed by atoms with E-state index in [1.54, 1.807) is 30.5 Å². The third-order valence-corrected chi connectivity index (χ3v) is 5.97. The van der Waals surface area contributed by atoms with Gasteiger partial charge < -0.3 is 10.1 Å². The van der Waals surface area contributed by atoms with Crippen molar-refractivity contribution in [1.29, 1.82) is 0 Å². The predicted octanol–water partition coefficient (Wildman–Crippen LogP) is 7.21. The van der Waals surface area contributed by atoms with E-state index in [1.165, 1.54) is 51.1 Å². The Labute approximate surface area is 212 Å². The molecule has 5 rings (SSSR count). The fourth-order valence-electron chi connectivity index (χ4n) is 4.46. The van der Waals surface area contributed by atoms with Gasteiger partial charge in [0.25, 0.3) is 0 Å². The molecule has 1 aromatic heterocycles. The molecule has 8 heteroatoms. The third-order valence-electron chi connectivity index (χ3n) is 5.97. The van der Waals surface area contributed by atoms with Crippen LogP contribution >= 0.6 is 0 Å². The van der Waals surface area contributed by atoms with Gasteiger partial charge in [0, 0.05) is 32.4 Å². The number of hydrogen-bond donors (Lipinski definition) is 1. The van der Waals surface area contributed by atoms with Crippen molar-refractivity contribution in [3.63, 3.8) is 0 Å². The van der Waals surface area contributed by atoms with Crippen LogP contribution in [0.2, 0.25) is 0 Å². The van der Waals surface area contributed by atoms with Crippen molar-refractivity contribution in [2.24, 2.45) is 0 Å². The number of hydrogen-bond acceptors (Lipinski definition) is 3. The number of allylic oxidation sites excluding steroid dienone is 2. The Morgan fingerprint density at radius 2 is 1.80 bits per heavy atom. The normalized spacial score (nSPS) is 16.7. The number of aliphatic hydroxyl groups excluding tert-OH is 1. The second kappa shape index (κ2) is 9.51. The van der Waals surface area contributed by atoms with Crippen LogP contribution in [0.15, 0.2) is 66.6 Å². The van der Waals surface area contributed by atoms with Gasteiger partial charge in [0.1, 0.15) is 5.82 Å². The fraction of sp³-hybridized carbons (Fsp3) is 0.185. The molecule has 3 nitrogen and oxygen atoms in total. The van der Waals surface area contributed by atoms with Gasteiger partial charge in [-0.05, 0) is 64.8 Å². The summed E-state index contributed by atoms with van der Waals surface area (Å²) in [4.78, 5) is 14.4. The zero-order chi connectivity index (χ0) is 24.8. The number of aliphatic hydroxyl groups is 1. The Balaban J connectivity index is 0.000000378. The number of halogens is 4. The van der Waals surface area contributed by atoms with Gasteiger partial charge in [-0.3, -0.25) is 4.79 Å². The molecule has 35 heavy (non-hydrogen) atoms. The van der Waals surface area contributed by atoms with Gasteiger partial charge in [0.05, 0.1) is 11.2 Å². The van der Waals surface area contributed by atoms with E-state index in [9.17, 15) is 22.4 Å². The summed E-state index contributed by atoms with van der Waals surface area (Å²) in [6.45, 7) is 4.02. The number of carbonyl (C=O) groups excluding carboxylic acids is 1. The molecule has 1 heterocycles. The van der Waals surface area contributed by atoms with Crippen molar-refractivity contribution in [2.45, 2.75) is 32.4 Å². The van der Waals surface area contributed by atoms with Crippen LogP contribution in [0, 0.1) is 11.9 Å². The molecule has 0 saturated carbocycles. The summed E-state index contributed by atoms with van der Waals surface area (Å²) < 4.78 is 57.0. The Morgan fingerprint density at radius 1 is 1.09 bits per heavy atom. The molecule has 1 aliphatic carbocycles. The minimum atomic E-state index is -4.54. The summed E-state index contributed by atoms with van der Waals surface area (Å²) in [6, 6.07) is 14.9. The van der Waals surface area contributed by atoms with Crippen LogP contribution in [0.4, 0.5) is 17.6 Å². The number of fused-ring (bicyclic) bond motifs is 4. The SMILES string of the molecule is CC(=O)/C=C(/C)O.CC1(C(F)(F)F)c2ccc[c-]c2-c2nccc3c2c1cc1cc(F)ccc13.[Ir]. The van der Waals surface area contributed by atoms with Crippen molar-refractivity contribution in [3.8, 4) is 11.3 Å². The van der Waals surface area contributed by atoms with Crippen molar-refractivity contribution in [2.75, 3.05) is 0 Å². The molecule has 1 aliphatic rings. The molecule has 4 aromatic rings. The molecule has 3 aromatic carbocycles. The molecule has 1 atom stereocenters. The van der Waals surface area contributed by atoms with Gasteiger partial charge in [0.2, 0.25) is 0 Å². The Kier molecular flexibility index (Phi) is 7.21. The largest absolute Gasteiger partial charge is 0.512 e. The van der Waals surface area contributed by atoms with E-state index in [0.29, 0.717) is 32.8 Å². The van der Waals surface area contributed by atoms with Gasteiger partial charge in [-0.1, -0.05) is 19.1 Å². The molecule has 1 unspecified atom stereocenters. The second-order valence-corrected chi connectivity index (χ2v) is 8.35. The molecule has 0 saturated heterocycles. The number of benzene rings is 3. The number of carbonyl (C=O) groups is 1. The first-order valence-corrected chi connectivity index (χ1v) is 10.4. The van der Waals surface area contributed by atoms with Crippen molar-refractivity contribution < 1.29 is 47.6 Å². The van der Waals surface area contributed by atoms with Crippen LogP contribution in [0.3, 0.4) is 0 Å². The standard InChI is InChI=1S/C22H12F4N.C5H8O2.Ir/c1-21(22(24,25)26)17-5-3-2-4-16(17)20-19-15(8-9-27-20)14-7-6-13(23)10-12(14)11-18(19)21;1-4(6)3-5(2)7;/h2-3,5-11H,1H3;3,6H,1-2H3;/q-1;;/b;4-3-;. The van der Waals surface area contributed by atoms with E-state index >= 15 is 0 Å². The Morgan fingerprint density at radius 3 is 2.40 bits per heavy atom. The van der Waals surface area contributed by atoms with E-state index in [2.05, 4.69) is 11.1 Å². The minimum absolute atomic E-state index is 0. The maximum atomic E-state index is 14.4. The molecular weight excluding hydrogens is 639 g/mol. The number of aromatic nitrogens is 1. The number of ketones is 1. The van der Waals surface area contributed by atoms with Crippen LogP contribution in [-0.4, -0.2) is 22.1 Å². The second-order valence-electron chi connectivity index (χ2n) is 8.35. The summed E-state index contributed by atoms with van der Waals surface area (Å²) in [5, 5.41) is 10.6. The summed E-state index contributed by atoms with van der Waals surface area (Å²) in [6.07, 6.45) is -1.80.